The van der Waals surface area contributed by atoms with E-state index in [4.69, 9.17) is 4.74 Å². The molecule has 2 rings (SSSR count). The van der Waals surface area contributed by atoms with Gasteiger partial charge in [0.15, 0.2) is 0 Å². The van der Waals surface area contributed by atoms with E-state index in [1.807, 2.05) is 19.1 Å². The molecule has 0 unspecified atom stereocenters. The van der Waals surface area contributed by atoms with Crippen LogP contribution in [0, 0.1) is 0 Å². The second-order valence-corrected chi connectivity index (χ2v) is 7.13. The molecule has 1 heterocycles. The molecule has 0 amide bonds. The van der Waals surface area contributed by atoms with E-state index in [1.54, 1.807) is 23.5 Å². The molecule has 1 aliphatic heterocycles. The lowest BCUT2D eigenvalue weighted by Gasteiger charge is -2.31. The fourth-order valence-corrected chi connectivity index (χ4v) is 4.30. The standard InChI is InChI=1S/C15H24N2O3S/c1-3-16-12-13-6-4-5-7-15(13)21(18,19)17-10-8-14(20-2)9-11-17/h4-7,14,16H,3,8-12H2,1-2H3. The molecular formula is C15H24N2O3S. The van der Waals surface area contributed by atoms with E-state index in [9.17, 15) is 8.42 Å². The summed E-state index contributed by atoms with van der Waals surface area (Å²) in [6.45, 7) is 4.44. The summed E-state index contributed by atoms with van der Waals surface area (Å²) in [6.07, 6.45) is 1.68. The summed E-state index contributed by atoms with van der Waals surface area (Å²) in [5, 5.41) is 3.19. The lowest BCUT2D eigenvalue weighted by Crippen LogP contribution is -2.41. The van der Waals surface area contributed by atoms with Crippen molar-refractivity contribution < 1.29 is 13.2 Å². The number of sulfonamides is 1. The van der Waals surface area contributed by atoms with E-state index in [-0.39, 0.29) is 6.10 Å². The third-order valence-corrected chi connectivity index (χ3v) is 5.89. The molecule has 5 nitrogen and oxygen atoms in total. The second-order valence-electron chi connectivity index (χ2n) is 5.23. The predicted octanol–water partition coefficient (Wildman–Crippen LogP) is 1.60. The van der Waals surface area contributed by atoms with Gasteiger partial charge in [0, 0.05) is 26.7 Å². The Hall–Kier alpha value is -0.950. The Morgan fingerprint density at radius 1 is 1.29 bits per heavy atom. The summed E-state index contributed by atoms with van der Waals surface area (Å²) in [7, 11) is -1.74. The molecule has 1 saturated heterocycles. The molecule has 0 aliphatic carbocycles. The number of ether oxygens (including phenoxy) is 1. The predicted molar refractivity (Wildman–Crippen MR) is 82.6 cm³/mol. The molecule has 1 aliphatic rings. The summed E-state index contributed by atoms with van der Waals surface area (Å²) in [6, 6.07) is 7.23. The Bertz CT molecular complexity index is 552. The molecule has 0 radical (unpaired) electrons. The summed E-state index contributed by atoms with van der Waals surface area (Å²) in [5.41, 5.74) is 0.827. The van der Waals surface area contributed by atoms with Crippen LogP contribution in [0.5, 0.6) is 0 Å². The van der Waals surface area contributed by atoms with Gasteiger partial charge < -0.3 is 10.1 Å². The van der Waals surface area contributed by atoms with Crippen molar-refractivity contribution in [2.45, 2.75) is 37.3 Å². The van der Waals surface area contributed by atoms with Gasteiger partial charge in [0.1, 0.15) is 0 Å². The highest BCUT2D eigenvalue weighted by Gasteiger charge is 2.30. The monoisotopic (exact) mass is 312 g/mol. The maximum atomic E-state index is 12.8. The van der Waals surface area contributed by atoms with Gasteiger partial charge in [-0.15, -0.1) is 0 Å². The van der Waals surface area contributed by atoms with Gasteiger partial charge in [0.05, 0.1) is 11.0 Å². The van der Waals surface area contributed by atoms with Crippen molar-refractivity contribution in [3.05, 3.63) is 29.8 Å². The van der Waals surface area contributed by atoms with Gasteiger partial charge in [0.2, 0.25) is 10.0 Å². The number of methoxy groups -OCH3 is 1. The van der Waals surface area contributed by atoms with Gasteiger partial charge in [-0.1, -0.05) is 25.1 Å². The number of nitrogens with zero attached hydrogens (tertiary/aromatic N) is 1. The smallest absolute Gasteiger partial charge is 0.243 e. The molecule has 1 N–H and O–H groups in total. The van der Waals surface area contributed by atoms with E-state index in [2.05, 4.69) is 5.32 Å². The van der Waals surface area contributed by atoms with Gasteiger partial charge in [-0.05, 0) is 31.0 Å². The molecule has 1 fully saturated rings. The largest absolute Gasteiger partial charge is 0.381 e. The third kappa shape index (κ3) is 3.83. The van der Waals surface area contributed by atoms with Crippen LogP contribution in [0.25, 0.3) is 0 Å². The Balaban J connectivity index is 2.20. The van der Waals surface area contributed by atoms with Crippen LogP contribution >= 0.6 is 0 Å². The first-order valence-electron chi connectivity index (χ1n) is 7.41. The van der Waals surface area contributed by atoms with Crippen LogP contribution in [-0.2, 0) is 21.3 Å². The van der Waals surface area contributed by atoms with Crippen molar-refractivity contribution in [1.82, 2.24) is 9.62 Å². The molecule has 0 aromatic heterocycles. The van der Waals surface area contributed by atoms with E-state index < -0.39 is 10.0 Å². The fraction of sp³-hybridized carbons (Fsp3) is 0.600. The first kappa shape index (κ1) is 16.4. The molecule has 6 heteroatoms. The van der Waals surface area contributed by atoms with E-state index in [1.165, 1.54) is 0 Å². The Kier molecular flexibility index (Phi) is 5.75. The van der Waals surface area contributed by atoms with E-state index >= 15 is 0 Å². The van der Waals surface area contributed by atoms with Crippen molar-refractivity contribution in [3.63, 3.8) is 0 Å². The topological polar surface area (TPSA) is 58.6 Å². The average molecular weight is 312 g/mol. The lowest BCUT2D eigenvalue weighted by atomic mass is 10.1. The third-order valence-electron chi connectivity index (χ3n) is 3.89. The van der Waals surface area contributed by atoms with E-state index in [0.29, 0.717) is 24.5 Å². The van der Waals surface area contributed by atoms with Crippen molar-refractivity contribution in [3.8, 4) is 0 Å². The molecule has 0 atom stereocenters. The molecule has 1 aromatic carbocycles. The zero-order valence-corrected chi connectivity index (χ0v) is 13.5. The normalized spacial score (nSPS) is 18.0. The van der Waals surface area contributed by atoms with Crippen molar-refractivity contribution in [2.75, 3.05) is 26.7 Å². The van der Waals surface area contributed by atoms with E-state index in [0.717, 1.165) is 24.9 Å². The van der Waals surface area contributed by atoms with Crippen LogP contribution in [-0.4, -0.2) is 45.6 Å². The summed E-state index contributed by atoms with van der Waals surface area (Å²) in [4.78, 5) is 0.418. The Morgan fingerprint density at radius 3 is 2.57 bits per heavy atom. The van der Waals surface area contributed by atoms with Crippen LogP contribution in [0.15, 0.2) is 29.2 Å². The van der Waals surface area contributed by atoms with Crippen LogP contribution < -0.4 is 5.32 Å². The molecule has 118 valence electrons. The van der Waals surface area contributed by atoms with Crippen LogP contribution in [0.1, 0.15) is 25.3 Å². The number of nitrogens with one attached hydrogen (secondary N) is 1. The van der Waals surface area contributed by atoms with Crippen LogP contribution in [0.2, 0.25) is 0 Å². The maximum Gasteiger partial charge on any atom is 0.243 e. The van der Waals surface area contributed by atoms with Gasteiger partial charge in [-0.25, -0.2) is 8.42 Å². The summed E-state index contributed by atoms with van der Waals surface area (Å²) < 4.78 is 32.5. The molecule has 0 bridgehead atoms. The zero-order valence-electron chi connectivity index (χ0n) is 12.7. The zero-order chi connectivity index (χ0) is 15.3. The molecule has 0 spiro atoms. The van der Waals surface area contributed by atoms with Gasteiger partial charge in [0.25, 0.3) is 0 Å². The minimum Gasteiger partial charge on any atom is -0.381 e. The van der Waals surface area contributed by atoms with Crippen LogP contribution in [0.3, 0.4) is 0 Å². The summed E-state index contributed by atoms with van der Waals surface area (Å²) in [5.74, 6) is 0. The Labute approximate surface area is 127 Å². The second kappa shape index (κ2) is 7.35. The van der Waals surface area contributed by atoms with Crippen molar-refractivity contribution >= 4 is 10.0 Å². The molecule has 1 aromatic rings. The first-order chi connectivity index (χ1) is 10.1. The SMILES string of the molecule is CCNCc1ccccc1S(=O)(=O)N1CCC(OC)CC1. The number of piperidine rings is 1. The van der Waals surface area contributed by atoms with Crippen molar-refractivity contribution in [1.29, 1.82) is 0 Å². The number of benzene rings is 1. The van der Waals surface area contributed by atoms with Crippen molar-refractivity contribution in [2.24, 2.45) is 0 Å². The number of hydrogen-bond acceptors (Lipinski definition) is 4. The molecular weight excluding hydrogens is 288 g/mol. The highest BCUT2D eigenvalue weighted by atomic mass is 32.2. The molecule has 21 heavy (non-hydrogen) atoms. The van der Waals surface area contributed by atoms with Gasteiger partial charge >= 0.3 is 0 Å². The lowest BCUT2D eigenvalue weighted by molar-refractivity contribution is 0.0604. The molecule has 0 saturated carbocycles. The maximum absolute atomic E-state index is 12.8. The highest BCUT2D eigenvalue weighted by Crippen LogP contribution is 2.24. The minimum atomic E-state index is -3.42. The number of rotatable bonds is 6. The fourth-order valence-electron chi connectivity index (χ4n) is 2.61. The Morgan fingerprint density at radius 2 is 1.95 bits per heavy atom. The highest BCUT2D eigenvalue weighted by molar-refractivity contribution is 7.89. The number of hydrogen-bond donors (Lipinski definition) is 1. The first-order valence-corrected chi connectivity index (χ1v) is 8.85. The quantitative estimate of drug-likeness (QED) is 0.867. The average Bonchev–Trinajstić information content (AvgIpc) is 2.53. The summed E-state index contributed by atoms with van der Waals surface area (Å²) >= 11 is 0. The van der Waals surface area contributed by atoms with Gasteiger partial charge in [-0.3, -0.25) is 0 Å². The minimum absolute atomic E-state index is 0.174. The van der Waals surface area contributed by atoms with Crippen LogP contribution in [0.4, 0.5) is 0 Å². The van der Waals surface area contributed by atoms with Gasteiger partial charge in [-0.2, -0.15) is 4.31 Å².